The number of rotatable bonds is 5. The Morgan fingerprint density at radius 3 is 2.50 bits per heavy atom. The van der Waals surface area contributed by atoms with Gasteiger partial charge in [-0.25, -0.2) is 4.79 Å². The third kappa shape index (κ3) is 5.73. The van der Waals surface area contributed by atoms with Gasteiger partial charge in [0.25, 0.3) is 0 Å². The van der Waals surface area contributed by atoms with Crippen LogP contribution in [0.1, 0.15) is 69.3 Å². The second-order valence-corrected chi connectivity index (χ2v) is 12.6. The van der Waals surface area contributed by atoms with Crippen LogP contribution in [0.15, 0.2) is 36.4 Å². The number of piperazine rings is 1. The molecule has 4 rings (SSSR count). The van der Waals surface area contributed by atoms with E-state index in [1.165, 1.54) is 4.88 Å². The van der Waals surface area contributed by atoms with Crippen molar-refractivity contribution in [2.75, 3.05) is 23.7 Å². The minimum Gasteiger partial charge on any atom is -0.353 e. The minimum atomic E-state index is -0.655. The van der Waals surface area contributed by atoms with Crippen LogP contribution in [0, 0.1) is 13.8 Å². The van der Waals surface area contributed by atoms with Gasteiger partial charge in [0.2, 0.25) is 5.91 Å². The first-order chi connectivity index (χ1) is 17.8. The van der Waals surface area contributed by atoms with Crippen molar-refractivity contribution in [1.82, 2.24) is 20.4 Å². The first kappa shape index (κ1) is 27.7. The molecule has 3 amide bonds. The largest absolute Gasteiger partial charge is 0.353 e. The predicted octanol–water partition coefficient (Wildman–Crippen LogP) is 6.03. The highest BCUT2D eigenvalue weighted by atomic mass is 32.1. The minimum absolute atomic E-state index is 0.0163. The third-order valence-electron chi connectivity index (χ3n) is 7.13. The van der Waals surface area contributed by atoms with Crippen LogP contribution in [0.4, 0.5) is 15.5 Å². The van der Waals surface area contributed by atoms with E-state index in [-0.39, 0.29) is 23.4 Å². The molecule has 3 aromatic rings. The molecule has 0 bridgehead atoms. The van der Waals surface area contributed by atoms with Crippen LogP contribution in [0.3, 0.4) is 0 Å². The number of carbonyl (C=O) groups is 2. The Labute approximate surface area is 229 Å². The van der Waals surface area contributed by atoms with E-state index in [1.54, 1.807) is 11.3 Å². The zero-order valence-corrected chi connectivity index (χ0v) is 24.3. The van der Waals surface area contributed by atoms with Crippen molar-refractivity contribution in [3.8, 4) is 11.3 Å². The van der Waals surface area contributed by atoms with E-state index in [1.807, 2.05) is 58.0 Å². The molecule has 2 aromatic heterocycles. The molecule has 0 spiro atoms. The second-order valence-electron chi connectivity index (χ2n) is 11.5. The van der Waals surface area contributed by atoms with Gasteiger partial charge in [0.1, 0.15) is 5.00 Å². The van der Waals surface area contributed by atoms with Gasteiger partial charge in [0.15, 0.2) is 0 Å². The van der Waals surface area contributed by atoms with Crippen molar-refractivity contribution in [1.29, 1.82) is 0 Å². The molecule has 1 aliphatic heterocycles. The lowest BCUT2D eigenvalue weighted by molar-refractivity contribution is -0.136. The van der Waals surface area contributed by atoms with E-state index in [9.17, 15) is 9.59 Å². The van der Waals surface area contributed by atoms with Gasteiger partial charge in [-0.15, -0.1) is 11.3 Å². The number of carbonyl (C=O) groups excluding carboxylic acids is 2. The maximum atomic E-state index is 13.2. The summed E-state index contributed by atoms with van der Waals surface area (Å²) in [6.45, 7) is 17.7. The van der Waals surface area contributed by atoms with Crippen molar-refractivity contribution in [3.05, 3.63) is 58.1 Å². The van der Waals surface area contributed by atoms with Gasteiger partial charge >= 0.3 is 6.03 Å². The quantitative estimate of drug-likeness (QED) is 0.371. The fourth-order valence-corrected chi connectivity index (χ4v) is 5.93. The summed E-state index contributed by atoms with van der Waals surface area (Å²) in [6, 6.07) is 11.4. The van der Waals surface area contributed by atoms with Crippen molar-refractivity contribution in [2.45, 2.75) is 72.4 Å². The van der Waals surface area contributed by atoms with Crippen molar-refractivity contribution >= 4 is 34.0 Å². The van der Waals surface area contributed by atoms with Gasteiger partial charge in [0.05, 0.1) is 16.9 Å². The lowest BCUT2D eigenvalue weighted by Crippen LogP contribution is -2.62. The third-order valence-corrected chi connectivity index (χ3v) is 8.62. The summed E-state index contributed by atoms with van der Waals surface area (Å²) in [5.74, 6) is 0.0163. The molecule has 0 radical (unpaired) electrons. The number of nitrogens with zero attached hydrogens (tertiary/aromatic N) is 3. The molecule has 0 aliphatic carbocycles. The first-order valence-corrected chi connectivity index (χ1v) is 13.8. The summed E-state index contributed by atoms with van der Waals surface area (Å²) in [5, 5.41) is 18.3. The standard InChI is InChI=1S/C29H38N6O2S/c1-17-9-11-20(15-21(17)23-12-10-18(2)33-34-23)31-27(37)32-25-22(16-24(38-25)28(4,5)6)19(3)35-14-13-30-26(36)29(35,7)8/h9-12,15-16,19H,13-14H2,1-8H3,(H,30,36)(H2,31,32,37). The number of urea groups is 1. The summed E-state index contributed by atoms with van der Waals surface area (Å²) in [6.07, 6.45) is 0. The Hall–Kier alpha value is -3.30. The van der Waals surface area contributed by atoms with E-state index in [0.717, 1.165) is 39.6 Å². The first-order valence-electron chi connectivity index (χ1n) is 13.0. The topological polar surface area (TPSA) is 99.2 Å². The molecule has 1 aliphatic rings. The molecule has 3 heterocycles. The Morgan fingerprint density at radius 1 is 1.11 bits per heavy atom. The van der Waals surface area contributed by atoms with Crippen LogP contribution in [0.2, 0.25) is 0 Å². The molecule has 0 saturated carbocycles. The van der Waals surface area contributed by atoms with E-state index in [4.69, 9.17) is 0 Å². The molecule has 1 unspecified atom stereocenters. The van der Waals surface area contributed by atoms with E-state index in [2.05, 4.69) is 64.8 Å². The van der Waals surface area contributed by atoms with Crippen LogP contribution in [-0.4, -0.2) is 45.7 Å². The predicted molar refractivity (Wildman–Crippen MR) is 155 cm³/mol. The maximum absolute atomic E-state index is 13.2. The summed E-state index contributed by atoms with van der Waals surface area (Å²) in [5.41, 5.74) is 4.52. The molecular formula is C29H38N6O2S. The molecular weight excluding hydrogens is 496 g/mol. The van der Waals surface area contributed by atoms with Gasteiger partial charge in [-0.1, -0.05) is 26.8 Å². The molecule has 38 heavy (non-hydrogen) atoms. The van der Waals surface area contributed by atoms with Crippen molar-refractivity contribution in [2.24, 2.45) is 0 Å². The number of nitrogens with one attached hydrogen (secondary N) is 3. The van der Waals surface area contributed by atoms with Crippen LogP contribution in [0.25, 0.3) is 11.3 Å². The smallest absolute Gasteiger partial charge is 0.324 e. The van der Waals surface area contributed by atoms with E-state index >= 15 is 0 Å². The monoisotopic (exact) mass is 534 g/mol. The Balaban J connectivity index is 1.60. The molecule has 202 valence electrons. The number of aryl methyl sites for hydroxylation is 2. The number of amides is 3. The highest BCUT2D eigenvalue weighted by molar-refractivity contribution is 7.16. The zero-order valence-electron chi connectivity index (χ0n) is 23.5. The average molecular weight is 535 g/mol. The van der Waals surface area contributed by atoms with Crippen LogP contribution in [-0.2, 0) is 10.2 Å². The fraction of sp³-hybridized carbons (Fsp3) is 0.448. The van der Waals surface area contributed by atoms with E-state index < -0.39 is 5.54 Å². The normalized spacial score (nSPS) is 16.6. The Morgan fingerprint density at radius 2 is 1.84 bits per heavy atom. The lowest BCUT2D eigenvalue weighted by atomic mass is 9.91. The van der Waals surface area contributed by atoms with Crippen LogP contribution < -0.4 is 16.0 Å². The molecule has 1 aromatic carbocycles. The number of anilines is 2. The molecule has 9 heteroatoms. The highest BCUT2D eigenvalue weighted by Gasteiger charge is 2.41. The maximum Gasteiger partial charge on any atom is 0.324 e. The summed E-state index contributed by atoms with van der Waals surface area (Å²) < 4.78 is 0. The zero-order chi connectivity index (χ0) is 27.8. The van der Waals surface area contributed by atoms with Crippen molar-refractivity contribution in [3.63, 3.8) is 0 Å². The molecule has 1 saturated heterocycles. The number of thiophene rings is 1. The summed E-state index contributed by atoms with van der Waals surface area (Å²) in [4.78, 5) is 29.2. The molecule has 8 nitrogen and oxygen atoms in total. The van der Waals surface area contributed by atoms with Gasteiger partial charge < -0.3 is 10.6 Å². The highest BCUT2D eigenvalue weighted by Crippen LogP contribution is 2.42. The molecule has 1 fully saturated rings. The Bertz CT molecular complexity index is 1340. The number of benzene rings is 1. The lowest BCUT2D eigenvalue weighted by Gasteiger charge is -2.44. The van der Waals surface area contributed by atoms with Crippen LogP contribution in [0.5, 0.6) is 0 Å². The van der Waals surface area contributed by atoms with Gasteiger partial charge in [-0.3, -0.25) is 15.0 Å². The SMILES string of the molecule is Cc1ccc(-c2cc(NC(=O)Nc3sc(C(C)(C)C)cc3C(C)N3CCNC(=O)C3(C)C)ccc2C)nn1. The van der Waals surface area contributed by atoms with Crippen LogP contribution >= 0.6 is 11.3 Å². The summed E-state index contributed by atoms with van der Waals surface area (Å²) in [7, 11) is 0. The van der Waals surface area contributed by atoms with E-state index in [0.29, 0.717) is 12.2 Å². The molecule has 1 atom stereocenters. The van der Waals surface area contributed by atoms with Gasteiger partial charge in [-0.2, -0.15) is 10.2 Å². The van der Waals surface area contributed by atoms with Gasteiger partial charge in [0, 0.05) is 40.8 Å². The average Bonchev–Trinajstić information content (AvgIpc) is 3.26. The number of aromatic nitrogens is 2. The molecule has 3 N–H and O–H groups in total. The summed E-state index contributed by atoms with van der Waals surface area (Å²) >= 11 is 1.58. The number of hydrogen-bond acceptors (Lipinski definition) is 6. The van der Waals surface area contributed by atoms with Crippen molar-refractivity contribution < 1.29 is 9.59 Å². The Kier molecular flexibility index (Phi) is 7.63. The second kappa shape index (κ2) is 10.5. The number of hydrogen-bond donors (Lipinski definition) is 3. The van der Waals surface area contributed by atoms with Gasteiger partial charge in [-0.05, 0) is 75.9 Å². The fourth-order valence-electron chi connectivity index (χ4n) is 4.73.